The van der Waals surface area contributed by atoms with Gasteiger partial charge in [0.25, 0.3) is 0 Å². The summed E-state index contributed by atoms with van der Waals surface area (Å²) in [5.41, 5.74) is 2.71. The number of nitrogens with one attached hydrogen (secondary N) is 1. The Morgan fingerprint density at radius 3 is 2.84 bits per heavy atom. The van der Waals surface area contributed by atoms with Gasteiger partial charge in [0.15, 0.2) is 9.50 Å². The highest BCUT2D eigenvalue weighted by Crippen LogP contribution is 2.31. The van der Waals surface area contributed by atoms with E-state index in [-0.39, 0.29) is 11.7 Å². The van der Waals surface area contributed by atoms with Crippen molar-refractivity contribution >= 4 is 68.3 Å². The van der Waals surface area contributed by atoms with E-state index in [2.05, 4.69) is 33.5 Å². The minimum atomic E-state index is -0.105. The minimum Gasteiger partial charge on any atom is -0.325 e. The number of thioether (sulfide) groups is 2. The molecule has 6 nitrogen and oxygen atoms in total. The molecule has 2 aromatic carbocycles. The van der Waals surface area contributed by atoms with Crippen molar-refractivity contribution in [3.05, 3.63) is 58.9 Å². The van der Waals surface area contributed by atoms with E-state index in [0.29, 0.717) is 10.8 Å². The summed E-state index contributed by atoms with van der Waals surface area (Å²) in [6.45, 7) is 4.72. The lowest BCUT2D eigenvalue weighted by molar-refractivity contribution is -0.113. The Balaban J connectivity index is 1.37. The highest BCUT2D eigenvalue weighted by Gasteiger charge is 2.15. The van der Waals surface area contributed by atoms with Gasteiger partial charge in [-0.3, -0.25) is 4.79 Å². The second-order valence-electron chi connectivity index (χ2n) is 6.68. The molecule has 0 unspecified atom stereocenters. The zero-order valence-corrected chi connectivity index (χ0v) is 20.2. The number of aryl methyl sites for hydroxylation is 1. The number of halogens is 1. The van der Waals surface area contributed by atoms with E-state index in [1.165, 1.54) is 16.5 Å². The van der Waals surface area contributed by atoms with Crippen molar-refractivity contribution in [3.8, 4) is 0 Å². The van der Waals surface area contributed by atoms with E-state index >= 15 is 0 Å². The quantitative estimate of drug-likeness (QED) is 0.311. The lowest BCUT2D eigenvalue weighted by atomic mass is 10.2. The first-order valence-electron chi connectivity index (χ1n) is 9.62. The van der Waals surface area contributed by atoms with Crippen molar-refractivity contribution in [3.63, 3.8) is 0 Å². The van der Waals surface area contributed by atoms with Gasteiger partial charge in [0.1, 0.15) is 5.82 Å². The fraction of sp³-hybridized carbons (Fsp3) is 0.238. The molecule has 0 atom stereocenters. The van der Waals surface area contributed by atoms with Gasteiger partial charge in [0, 0.05) is 17.3 Å². The van der Waals surface area contributed by atoms with Crippen molar-refractivity contribution in [1.82, 2.24) is 19.7 Å². The first kappa shape index (κ1) is 22.1. The highest BCUT2D eigenvalue weighted by molar-refractivity contribution is 8.00. The first-order valence-corrected chi connectivity index (χ1v) is 12.8. The van der Waals surface area contributed by atoms with Crippen LogP contribution in [0.1, 0.15) is 18.3 Å². The van der Waals surface area contributed by atoms with Crippen LogP contribution in [0, 0.1) is 6.92 Å². The van der Waals surface area contributed by atoms with E-state index in [4.69, 9.17) is 11.6 Å². The standard InChI is InChI=1S/C21H20ClN5OS3/c1-3-27-18(11-30-21-24-15-6-4-5-7-17(15)31-21)25-26-20(27)29-12-19(28)23-16-10-14(22)9-8-13(16)2/h4-10H,3,11-12H2,1-2H3,(H,23,28). The largest absolute Gasteiger partial charge is 0.325 e. The molecule has 0 saturated heterocycles. The lowest BCUT2D eigenvalue weighted by Crippen LogP contribution is -2.15. The lowest BCUT2D eigenvalue weighted by Gasteiger charge is -2.09. The third-order valence-corrected chi connectivity index (χ3v) is 7.89. The van der Waals surface area contributed by atoms with Crippen LogP contribution < -0.4 is 5.32 Å². The van der Waals surface area contributed by atoms with Gasteiger partial charge < -0.3 is 9.88 Å². The number of carbonyl (C=O) groups excluding carboxylic acids is 1. The predicted molar refractivity (Wildman–Crippen MR) is 130 cm³/mol. The zero-order valence-electron chi connectivity index (χ0n) is 17.0. The molecule has 0 saturated carbocycles. The Morgan fingerprint density at radius 2 is 2.03 bits per heavy atom. The summed E-state index contributed by atoms with van der Waals surface area (Å²) in [6, 6.07) is 13.6. The number of rotatable bonds is 8. The van der Waals surface area contributed by atoms with Crippen LogP contribution in [0.25, 0.3) is 10.2 Å². The van der Waals surface area contributed by atoms with Gasteiger partial charge in [0.05, 0.1) is 21.7 Å². The summed E-state index contributed by atoms with van der Waals surface area (Å²) < 4.78 is 4.24. The Labute approximate surface area is 197 Å². The molecule has 0 aliphatic rings. The molecule has 1 amide bonds. The number of benzene rings is 2. The molecule has 4 aromatic rings. The third-order valence-electron chi connectivity index (χ3n) is 4.51. The van der Waals surface area contributed by atoms with Gasteiger partial charge in [-0.25, -0.2) is 4.98 Å². The first-order chi connectivity index (χ1) is 15.0. The van der Waals surface area contributed by atoms with E-state index < -0.39 is 0 Å². The predicted octanol–water partition coefficient (Wildman–Crippen LogP) is 5.89. The number of para-hydroxylation sites is 1. The number of nitrogens with zero attached hydrogens (tertiary/aromatic N) is 4. The number of anilines is 1. The Kier molecular flexibility index (Phi) is 7.16. The van der Waals surface area contributed by atoms with E-state index in [0.717, 1.165) is 38.6 Å². The average molecular weight is 490 g/mol. The molecule has 10 heteroatoms. The van der Waals surface area contributed by atoms with Crippen molar-refractivity contribution in [2.24, 2.45) is 0 Å². The molecule has 2 heterocycles. The second kappa shape index (κ2) is 10.0. The average Bonchev–Trinajstić information content (AvgIpc) is 3.36. The second-order valence-corrected chi connectivity index (χ2v) is 10.3. The van der Waals surface area contributed by atoms with E-state index in [1.807, 2.05) is 35.8 Å². The summed E-state index contributed by atoms with van der Waals surface area (Å²) in [5.74, 6) is 1.69. The number of aromatic nitrogens is 4. The molecule has 160 valence electrons. The maximum Gasteiger partial charge on any atom is 0.234 e. The van der Waals surface area contributed by atoms with E-state index in [9.17, 15) is 4.79 Å². The number of hydrogen-bond donors (Lipinski definition) is 1. The van der Waals surface area contributed by atoms with Crippen molar-refractivity contribution in [2.75, 3.05) is 11.1 Å². The summed E-state index contributed by atoms with van der Waals surface area (Å²) >= 11 is 10.7. The Bertz CT molecular complexity index is 1190. The van der Waals surface area contributed by atoms with Crippen LogP contribution in [-0.2, 0) is 17.1 Å². The summed E-state index contributed by atoms with van der Waals surface area (Å²) in [7, 11) is 0. The smallest absolute Gasteiger partial charge is 0.234 e. The monoisotopic (exact) mass is 489 g/mol. The molecular weight excluding hydrogens is 470 g/mol. The van der Waals surface area contributed by atoms with Crippen LogP contribution >= 0.6 is 46.5 Å². The zero-order chi connectivity index (χ0) is 21.8. The number of thiazole rings is 1. The van der Waals surface area contributed by atoms with Crippen molar-refractivity contribution < 1.29 is 4.79 Å². The summed E-state index contributed by atoms with van der Waals surface area (Å²) in [6.07, 6.45) is 0. The number of hydrogen-bond acceptors (Lipinski definition) is 7. The van der Waals surface area contributed by atoms with Crippen LogP contribution in [0.3, 0.4) is 0 Å². The normalized spacial score (nSPS) is 11.2. The molecule has 1 N–H and O–H groups in total. The highest BCUT2D eigenvalue weighted by atomic mass is 35.5. The van der Waals surface area contributed by atoms with Gasteiger partial charge in [-0.2, -0.15) is 0 Å². The molecule has 4 rings (SSSR count). The van der Waals surface area contributed by atoms with Gasteiger partial charge in [-0.15, -0.1) is 21.5 Å². The number of carbonyl (C=O) groups is 1. The van der Waals surface area contributed by atoms with Crippen LogP contribution in [0.5, 0.6) is 0 Å². The molecule has 0 fully saturated rings. The number of fused-ring (bicyclic) bond motifs is 1. The van der Waals surface area contributed by atoms with Crippen LogP contribution in [0.15, 0.2) is 52.0 Å². The van der Waals surface area contributed by atoms with E-state index in [1.54, 1.807) is 35.2 Å². The number of amides is 1. The summed E-state index contributed by atoms with van der Waals surface area (Å²) in [5, 5.41) is 12.9. The van der Waals surface area contributed by atoms with Gasteiger partial charge in [0.2, 0.25) is 5.91 Å². The molecular formula is C21H20ClN5OS3. The molecule has 0 bridgehead atoms. The van der Waals surface area contributed by atoms with Crippen LogP contribution in [-0.4, -0.2) is 31.4 Å². The topological polar surface area (TPSA) is 72.7 Å². The van der Waals surface area contributed by atoms with Crippen LogP contribution in [0.2, 0.25) is 5.02 Å². The minimum absolute atomic E-state index is 0.105. The fourth-order valence-electron chi connectivity index (χ4n) is 2.93. The third kappa shape index (κ3) is 5.41. The molecule has 2 aromatic heterocycles. The fourth-order valence-corrected chi connectivity index (χ4v) is 5.94. The molecule has 0 aliphatic heterocycles. The van der Waals surface area contributed by atoms with Crippen LogP contribution in [0.4, 0.5) is 5.69 Å². The van der Waals surface area contributed by atoms with Gasteiger partial charge in [-0.1, -0.05) is 53.3 Å². The Morgan fingerprint density at radius 1 is 1.19 bits per heavy atom. The van der Waals surface area contributed by atoms with Gasteiger partial charge >= 0.3 is 0 Å². The molecule has 31 heavy (non-hydrogen) atoms. The molecule has 0 spiro atoms. The maximum absolute atomic E-state index is 12.4. The molecule has 0 radical (unpaired) electrons. The van der Waals surface area contributed by atoms with Crippen molar-refractivity contribution in [2.45, 2.75) is 35.6 Å². The van der Waals surface area contributed by atoms with Crippen molar-refractivity contribution in [1.29, 1.82) is 0 Å². The molecule has 0 aliphatic carbocycles. The Hall–Kier alpha value is -2.07. The summed E-state index contributed by atoms with van der Waals surface area (Å²) in [4.78, 5) is 17.1. The maximum atomic E-state index is 12.4. The van der Waals surface area contributed by atoms with Gasteiger partial charge in [-0.05, 0) is 43.7 Å². The SMILES string of the molecule is CCn1c(CSc2nc3ccccc3s2)nnc1SCC(=O)Nc1cc(Cl)ccc1C.